The molecular weight excluding hydrogens is 348 g/mol. The van der Waals surface area contributed by atoms with Gasteiger partial charge in [0.25, 0.3) is 11.8 Å². The number of pyridine rings is 1. The highest BCUT2D eigenvalue weighted by molar-refractivity contribution is 5.94. The van der Waals surface area contributed by atoms with Gasteiger partial charge in [0.05, 0.1) is 25.9 Å². The minimum absolute atomic E-state index is 0.162. The summed E-state index contributed by atoms with van der Waals surface area (Å²) in [6, 6.07) is 12.4. The van der Waals surface area contributed by atoms with Gasteiger partial charge in [-0.1, -0.05) is 23.4 Å². The highest BCUT2D eigenvalue weighted by Crippen LogP contribution is 2.26. The third-order valence-corrected chi connectivity index (χ3v) is 4.34. The Kier molecular flexibility index (Phi) is 4.80. The molecule has 0 unspecified atom stereocenters. The van der Waals surface area contributed by atoms with Gasteiger partial charge in [0.1, 0.15) is 6.04 Å². The summed E-state index contributed by atoms with van der Waals surface area (Å²) in [5, 5.41) is 4.07. The van der Waals surface area contributed by atoms with Crippen molar-refractivity contribution in [1.82, 2.24) is 20.0 Å². The molecule has 1 fully saturated rings. The Morgan fingerprint density at radius 2 is 2.07 bits per heavy atom. The molecular formula is C19H18N4O4. The fourth-order valence-corrected chi connectivity index (χ4v) is 2.92. The van der Waals surface area contributed by atoms with Crippen LogP contribution >= 0.6 is 0 Å². The van der Waals surface area contributed by atoms with Crippen LogP contribution < -0.4 is 4.74 Å². The van der Waals surface area contributed by atoms with E-state index in [9.17, 15) is 4.79 Å². The summed E-state index contributed by atoms with van der Waals surface area (Å²) in [7, 11) is 1.53. The maximum absolute atomic E-state index is 13.0. The van der Waals surface area contributed by atoms with Crippen LogP contribution in [-0.2, 0) is 4.74 Å². The van der Waals surface area contributed by atoms with Crippen LogP contribution in [0.3, 0.4) is 0 Å². The van der Waals surface area contributed by atoms with Crippen molar-refractivity contribution < 1.29 is 18.8 Å². The number of carbonyl (C=O) groups is 1. The Morgan fingerprint density at radius 1 is 1.22 bits per heavy atom. The highest BCUT2D eigenvalue weighted by Gasteiger charge is 2.33. The molecule has 1 atom stereocenters. The molecule has 8 nitrogen and oxygen atoms in total. The van der Waals surface area contributed by atoms with Gasteiger partial charge in [-0.25, -0.2) is 4.98 Å². The zero-order valence-electron chi connectivity index (χ0n) is 14.7. The normalized spacial score (nSPS) is 16.9. The summed E-state index contributed by atoms with van der Waals surface area (Å²) >= 11 is 0. The fraction of sp³-hybridized carbons (Fsp3) is 0.263. The molecule has 0 spiro atoms. The second-order valence-corrected chi connectivity index (χ2v) is 6.00. The summed E-state index contributed by atoms with van der Waals surface area (Å²) < 4.78 is 16.0. The molecule has 2 aromatic heterocycles. The summed E-state index contributed by atoms with van der Waals surface area (Å²) in [5.74, 6) is 1.12. The second-order valence-electron chi connectivity index (χ2n) is 6.00. The molecule has 3 heterocycles. The van der Waals surface area contributed by atoms with Gasteiger partial charge in [0.15, 0.2) is 5.82 Å². The zero-order chi connectivity index (χ0) is 18.6. The van der Waals surface area contributed by atoms with Crippen LogP contribution in [0.4, 0.5) is 0 Å². The summed E-state index contributed by atoms with van der Waals surface area (Å²) in [5.41, 5.74) is 1.29. The van der Waals surface area contributed by atoms with Crippen LogP contribution in [0.5, 0.6) is 5.88 Å². The number of morpholine rings is 1. The largest absolute Gasteiger partial charge is 0.481 e. The molecule has 27 heavy (non-hydrogen) atoms. The van der Waals surface area contributed by atoms with Gasteiger partial charge >= 0.3 is 0 Å². The van der Waals surface area contributed by atoms with Gasteiger partial charge < -0.3 is 18.9 Å². The van der Waals surface area contributed by atoms with E-state index in [2.05, 4.69) is 15.1 Å². The van der Waals surface area contributed by atoms with Crippen LogP contribution in [-0.4, -0.2) is 52.8 Å². The van der Waals surface area contributed by atoms with E-state index >= 15 is 0 Å². The van der Waals surface area contributed by atoms with Crippen molar-refractivity contribution in [3.63, 3.8) is 0 Å². The number of ether oxygens (including phenoxy) is 2. The Labute approximate surface area is 155 Å². The lowest BCUT2D eigenvalue weighted by Crippen LogP contribution is -2.43. The fourth-order valence-electron chi connectivity index (χ4n) is 2.92. The van der Waals surface area contributed by atoms with Crippen molar-refractivity contribution in [3.8, 4) is 17.3 Å². The highest BCUT2D eigenvalue weighted by atomic mass is 16.5. The van der Waals surface area contributed by atoms with Gasteiger partial charge in [-0.2, -0.15) is 4.98 Å². The first kappa shape index (κ1) is 17.2. The maximum atomic E-state index is 13.0. The molecule has 1 saturated heterocycles. The van der Waals surface area contributed by atoms with Crippen LogP contribution in [0.1, 0.15) is 22.2 Å². The first-order valence-electron chi connectivity index (χ1n) is 8.54. The van der Waals surface area contributed by atoms with Crippen LogP contribution in [0.25, 0.3) is 11.5 Å². The molecule has 4 rings (SSSR count). The van der Waals surface area contributed by atoms with E-state index in [-0.39, 0.29) is 5.91 Å². The molecule has 0 N–H and O–H groups in total. The molecule has 0 saturated carbocycles. The van der Waals surface area contributed by atoms with Crippen molar-refractivity contribution in [2.45, 2.75) is 6.04 Å². The molecule has 1 aliphatic heterocycles. The van der Waals surface area contributed by atoms with Crippen molar-refractivity contribution in [2.24, 2.45) is 0 Å². The number of amides is 1. The molecule has 138 valence electrons. The number of carbonyl (C=O) groups excluding carboxylic acids is 1. The zero-order valence-corrected chi connectivity index (χ0v) is 14.7. The Morgan fingerprint density at radius 3 is 2.81 bits per heavy atom. The van der Waals surface area contributed by atoms with Gasteiger partial charge in [-0.15, -0.1) is 0 Å². The minimum Gasteiger partial charge on any atom is -0.481 e. The van der Waals surface area contributed by atoms with Crippen LogP contribution in [0, 0.1) is 0 Å². The molecule has 8 heteroatoms. The summed E-state index contributed by atoms with van der Waals surface area (Å²) in [4.78, 5) is 23.2. The number of rotatable bonds is 4. The number of benzene rings is 1. The topological polar surface area (TPSA) is 90.6 Å². The lowest BCUT2D eigenvalue weighted by molar-refractivity contribution is -0.00579. The third kappa shape index (κ3) is 3.52. The molecule has 0 radical (unpaired) electrons. The quantitative estimate of drug-likeness (QED) is 0.700. The van der Waals surface area contributed by atoms with E-state index in [0.29, 0.717) is 42.9 Å². The standard InChI is InChI=1S/C19H18N4O4/c1-25-16-8-7-14(11-20-16)19(24)23-9-10-26-12-15(23)17-21-18(27-22-17)13-5-3-2-4-6-13/h2-8,11,15H,9-10,12H2,1H3/t15-/m1/s1. The average Bonchev–Trinajstić information content (AvgIpc) is 3.24. The van der Waals surface area contributed by atoms with E-state index < -0.39 is 6.04 Å². The van der Waals surface area contributed by atoms with Crippen molar-refractivity contribution in [2.75, 3.05) is 26.9 Å². The van der Waals surface area contributed by atoms with Crippen LogP contribution in [0.2, 0.25) is 0 Å². The van der Waals surface area contributed by atoms with Crippen LogP contribution in [0.15, 0.2) is 53.2 Å². The maximum Gasteiger partial charge on any atom is 0.257 e. The van der Waals surface area contributed by atoms with E-state index in [0.717, 1.165) is 5.56 Å². The SMILES string of the molecule is COc1ccc(C(=O)N2CCOC[C@@H]2c2noc(-c3ccccc3)n2)cn1. The lowest BCUT2D eigenvalue weighted by atomic mass is 10.1. The number of hydrogen-bond acceptors (Lipinski definition) is 7. The van der Waals surface area contributed by atoms with Gasteiger partial charge in [-0.05, 0) is 18.2 Å². The number of aromatic nitrogens is 3. The van der Waals surface area contributed by atoms with Gasteiger partial charge in [-0.3, -0.25) is 4.79 Å². The van der Waals surface area contributed by atoms with E-state index in [1.165, 1.54) is 13.3 Å². The Hall–Kier alpha value is -3.26. The first-order chi connectivity index (χ1) is 13.3. The summed E-state index contributed by atoms with van der Waals surface area (Å²) in [6.07, 6.45) is 1.50. The molecule has 1 aliphatic rings. The number of hydrogen-bond donors (Lipinski definition) is 0. The summed E-state index contributed by atoms with van der Waals surface area (Å²) in [6.45, 7) is 1.20. The third-order valence-electron chi connectivity index (χ3n) is 4.34. The molecule has 1 aromatic carbocycles. The number of methoxy groups -OCH3 is 1. The first-order valence-corrected chi connectivity index (χ1v) is 8.54. The van der Waals surface area contributed by atoms with Crippen molar-refractivity contribution >= 4 is 5.91 Å². The molecule has 1 amide bonds. The Bertz CT molecular complexity index is 911. The van der Waals surface area contributed by atoms with Crippen molar-refractivity contribution in [1.29, 1.82) is 0 Å². The average molecular weight is 366 g/mol. The minimum atomic E-state index is -0.422. The smallest absolute Gasteiger partial charge is 0.257 e. The second kappa shape index (κ2) is 7.55. The molecule has 0 bridgehead atoms. The molecule has 0 aliphatic carbocycles. The van der Waals surface area contributed by atoms with E-state index in [1.54, 1.807) is 17.0 Å². The monoisotopic (exact) mass is 366 g/mol. The van der Waals surface area contributed by atoms with Crippen molar-refractivity contribution in [3.05, 3.63) is 60.0 Å². The molecule has 3 aromatic rings. The van der Waals surface area contributed by atoms with E-state index in [1.807, 2.05) is 30.3 Å². The van der Waals surface area contributed by atoms with E-state index in [4.69, 9.17) is 14.0 Å². The Balaban J connectivity index is 1.59. The predicted molar refractivity (Wildman–Crippen MR) is 95.1 cm³/mol. The lowest BCUT2D eigenvalue weighted by Gasteiger charge is -2.33. The number of nitrogens with zero attached hydrogens (tertiary/aromatic N) is 4. The van der Waals surface area contributed by atoms with Gasteiger partial charge in [0.2, 0.25) is 5.88 Å². The van der Waals surface area contributed by atoms with Gasteiger partial charge in [0, 0.05) is 24.4 Å². The predicted octanol–water partition coefficient (Wildman–Crippen LogP) is 2.35.